The Morgan fingerprint density at radius 1 is 0.967 bits per heavy atom. The maximum Gasteiger partial charge on any atom is 0.157 e. The molecule has 5 nitrogen and oxygen atoms in total. The number of nitriles is 1. The number of rotatable bonds is 3. The predicted octanol–water partition coefficient (Wildman–Crippen LogP) is 4.30. The molecule has 2 aromatic heterocycles. The van der Waals surface area contributed by atoms with E-state index in [-0.39, 0.29) is 0 Å². The number of piperazine rings is 1. The molecule has 0 N–H and O–H groups in total. The first-order valence-electron chi connectivity index (χ1n) is 10.5. The molecule has 3 heterocycles. The summed E-state index contributed by atoms with van der Waals surface area (Å²) in [5.41, 5.74) is 7.06. The second kappa shape index (κ2) is 7.47. The Labute approximate surface area is 176 Å². The number of imidazole rings is 1. The molecule has 0 bridgehead atoms. The molecule has 0 atom stereocenters. The maximum atomic E-state index is 9.71. The summed E-state index contributed by atoms with van der Waals surface area (Å²) in [5, 5.41) is 9.71. The van der Waals surface area contributed by atoms with Crippen LogP contribution in [-0.2, 0) is 6.54 Å². The van der Waals surface area contributed by atoms with Gasteiger partial charge in [-0.3, -0.25) is 9.30 Å². The van der Waals surface area contributed by atoms with Gasteiger partial charge in [0.15, 0.2) is 5.65 Å². The van der Waals surface area contributed by atoms with E-state index in [0.717, 1.165) is 60.8 Å². The monoisotopic (exact) mass is 395 g/mol. The number of aromatic nitrogens is 2. The van der Waals surface area contributed by atoms with E-state index < -0.39 is 0 Å². The maximum absolute atomic E-state index is 9.71. The van der Waals surface area contributed by atoms with Crippen LogP contribution in [0.4, 0.5) is 5.82 Å². The van der Waals surface area contributed by atoms with E-state index in [1.807, 2.05) is 25.1 Å². The fraction of sp³-hybridized carbons (Fsp3) is 0.280. The van der Waals surface area contributed by atoms with Gasteiger partial charge in [0.2, 0.25) is 0 Å². The lowest BCUT2D eigenvalue weighted by Crippen LogP contribution is -2.46. The Kier molecular flexibility index (Phi) is 4.65. The van der Waals surface area contributed by atoms with Crippen LogP contribution in [0.15, 0.2) is 54.6 Å². The normalized spacial score (nSPS) is 15.0. The van der Waals surface area contributed by atoms with Gasteiger partial charge in [0.1, 0.15) is 11.9 Å². The number of benzene rings is 2. The van der Waals surface area contributed by atoms with Crippen LogP contribution < -0.4 is 4.90 Å². The molecule has 150 valence electrons. The smallest absolute Gasteiger partial charge is 0.157 e. The second-order valence-corrected chi connectivity index (χ2v) is 8.18. The van der Waals surface area contributed by atoms with Gasteiger partial charge in [0.05, 0.1) is 16.6 Å². The summed E-state index contributed by atoms with van der Waals surface area (Å²) < 4.78 is 2.16. The van der Waals surface area contributed by atoms with Crippen molar-refractivity contribution in [2.75, 3.05) is 31.1 Å². The molecule has 0 unspecified atom stereocenters. The first-order valence-corrected chi connectivity index (χ1v) is 10.5. The summed E-state index contributed by atoms with van der Waals surface area (Å²) in [5.74, 6) is 1.13. The van der Waals surface area contributed by atoms with Gasteiger partial charge in [0, 0.05) is 32.7 Å². The lowest BCUT2D eigenvalue weighted by Gasteiger charge is -2.36. The Morgan fingerprint density at radius 3 is 2.43 bits per heavy atom. The van der Waals surface area contributed by atoms with Crippen molar-refractivity contribution in [2.45, 2.75) is 20.4 Å². The van der Waals surface area contributed by atoms with Crippen molar-refractivity contribution < 1.29 is 0 Å². The third-order valence-corrected chi connectivity index (χ3v) is 6.09. The fourth-order valence-electron chi connectivity index (χ4n) is 4.39. The van der Waals surface area contributed by atoms with Crippen molar-refractivity contribution in [3.8, 4) is 6.07 Å². The highest BCUT2D eigenvalue weighted by Gasteiger charge is 2.22. The van der Waals surface area contributed by atoms with Gasteiger partial charge in [-0.2, -0.15) is 5.26 Å². The van der Waals surface area contributed by atoms with Gasteiger partial charge in [-0.15, -0.1) is 0 Å². The van der Waals surface area contributed by atoms with Crippen molar-refractivity contribution in [1.29, 1.82) is 5.26 Å². The van der Waals surface area contributed by atoms with Crippen LogP contribution in [0.25, 0.3) is 16.7 Å². The first-order chi connectivity index (χ1) is 14.6. The topological polar surface area (TPSA) is 47.6 Å². The predicted molar refractivity (Wildman–Crippen MR) is 121 cm³/mol. The van der Waals surface area contributed by atoms with E-state index in [0.29, 0.717) is 5.56 Å². The van der Waals surface area contributed by atoms with Crippen LogP contribution in [0.1, 0.15) is 22.3 Å². The van der Waals surface area contributed by atoms with E-state index in [1.54, 1.807) is 0 Å². The number of hydrogen-bond donors (Lipinski definition) is 0. The summed E-state index contributed by atoms with van der Waals surface area (Å²) in [7, 11) is 0. The van der Waals surface area contributed by atoms with Gasteiger partial charge in [-0.05, 0) is 43.2 Å². The second-order valence-electron chi connectivity index (χ2n) is 8.18. The highest BCUT2D eigenvalue weighted by atomic mass is 15.3. The number of hydrogen-bond acceptors (Lipinski definition) is 4. The fourth-order valence-corrected chi connectivity index (χ4v) is 4.39. The molecule has 1 aliphatic heterocycles. The number of aryl methyl sites for hydroxylation is 2. The minimum absolute atomic E-state index is 0.660. The summed E-state index contributed by atoms with van der Waals surface area (Å²) >= 11 is 0. The Morgan fingerprint density at radius 2 is 1.70 bits per heavy atom. The van der Waals surface area contributed by atoms with E-state index in [1.165, 1.54) is 11.1 Å². The SMILES string of the molecule is Cc1ccc(CN2CCN(c3cc(C)c(C#N)c4nc5ccccc5n34)CC2)cc1. The molecule has 5 heteroatoms. The van der Waals surface area contributed by atoms with Gasteiger partial charge >= 0.3 is 0 Å². The molecular weight excluding hydrogens is 370 g/mol. The van der Waals surface area contributed by atoms with Crippen LogP contribution >= 0.6 is 0 Å². The minimum Gasteiger partial charge on any atom is -0.355 e. The zero-order valence-electron chi connectivity index (χ0n) is 17.5. The molecule has 1 fully saturated rings. The van der Waals surface area contributed by atoms with E-state index in [2.05, 4.69) is 63.6 Å². The minimum atomic E-state index is 0.660. The van der Waals surface area contributed by atoms with Gasteiger partial charge in [-0.1, -0.05) is 42.0 Å². The average molecular weight is 396 g/mol. The first kappa shape index (κ1) is 18.7. The van der Waals surface area contributed by atoms with E-state index >= 15 is 0 Å². The van der Waals surface area contributed by atoms with Crippen LogP contribution in [-0.4, -0.2) is 40.5 Å². The number of para-hydroxylation sites is 2. The summed E-state index contributed by atoms with van der Waals surface area (Å²) in [4.78, 5) is 9.73. The molecule has 1 aliphatic rings. The lowest BCUT2D eigenvalue weighted by molar-refractivity contribution is 0.249. The summed E-state index contributed by atoms with van der Waals surface area (Å²) in [6.45, 7) is 9.07. The van der Waals surface area contributed by atoms with Crippen LogP contribution in [0, 0.1) is 25.2 Å². The number of pyridine rings is 1. The average Bonchev–Trinajstić information content (AvgIpc) is 3.15. The van der Waals surface area contributed by atoms with Crippen LogP contribution in [0.2, 0.25) is 0 Å². The molecule has 5 rings (SSSR count). The van der Waals surface area contributed by atoms with Crippen molar-refractivity contribution in [2.24, 2.45) is 0 Å². The molecule has 0 aliphatic carbocycles. The van der Waals surface area contributed by atoms with Crippen LogP contribution in [0.3, 0.4) is 0 Å². The van der Waals surface area contributed by atoms with Crippen molar-refractivity contribution in [1.82, 2.24) is 14.3 Å². The molecule has 0 radical (unpaired) electrons. The number of fused-ring (bicyclic) bond motifs is 3. The molecule has 0 spiro atoms. The largest absolute Gasteiger partial charge is 0.355 e. The van der Waals surface area contributed by atoms with Crippen molar-refractivity contribution >= 4 is 22.5 Å². The molecule has 0 saturated carbocycles. The van der Waals surface area contributed by atoms with Crippen LogP contribution in [0.5, 0.6) is 0 Å². The summed E-state index contributed by atoms with van der Waals surface area (Å²) in [6, 6.07) is 21.5. The van der Waals surface area contributed by atoms with Crippen molar-refractivity contribution in [3.63, 3.8) is 0 Å². The van der Waals surface area contributed by atoms with Gasteiger partial charge < -0.3 is 4.90 Å². The molecule has 2 aromatic carbocycles. The molecule has 1 saturated heterocycles. The summed E-state index contributed by atoms with van der Waals surface area (Å²) in [6.07, 6.45) is 0. The quantitative estimate of drug-likeness (QED) is 0.519. The zero-order valence-corrected chi connectivity index (χ0v) is 17.5. The standard InChI is InChI=1S/C25H25N5/c1-18-7-9-20(10-8-18)17-28-11-13-29(14-12-28)24-15-19(2)21(16-26)25-27-22-5-3-4-6-23(22)30(24)25/h3-10,15H,11-14,17H2,1-2H3. The number of nitrogens with zero attached hydrogens (tertiary/aromatic N) is 5. The molecule has 0 amide bonds. The van der Waals surface area contributed by atoms with Crippen molar-refractivity contribution in [3.05, 3.63) is 76.9 Å². The van der Waals surface area contributed by atoms with E-state index in [9.17, 15) is 5.26 Å². The Hall–Kier alpha value is -3.36. The zero-order chi connectivity index (χ0) is 20.7. The highest BCUT2D eigenvalue weighted by molar-refractivity contribution is 5.85. The lowest BCUT2D eigenvalue weighted by atomic mass is 10.1. The third kappa shape index (κ3) is 3.20. The Balaban J connectivity index is 1.46. The Bertz CT molecular complexity index is 1250. The van der Waals surface area contributed by atoms with E-state index in [4.69, 9.17) is 4.98 Å². The third-order valence-electron chi connectivity index (χ3n) is 6.09. The molecular formula is C25H25N5. The number of anilines is 1. The van der Waals surface area contributed by atoms with Gasteiger partial charge in [-0.25, -0.2) is 4.98 Å². The molecule has 4 aromatic rings. The highest BCUT2D eigenvalue weighted by Crippen LogP contribution is 2.29. The van der Waals surface area contributed by atoms with Gasteiger partial charge in [0.25, 0.3) is 0 Å². The molecule has 30 heavy (non-hydrogen) atoms.